The summed E-state index contributed by atoms with van der Waals surface area (Å²) in [6.45, 7) is 11.0. The standard InChI is InChI=1S/C17H32N2O8S/c1-9-26-14(20)12(4)19(16(22)27-17(5,6)7)28(23,24)18-13(10-11(2)3)15(21)25-8/h11-13,18H,9-10H2,1-8H3/t12-,13+/m1/s1. The second-order valence-electron chi connectivity index (χ2n) is 7.53. The summed E-state index contributed by atoms with van der Waals surface area (Å²) in [4.78, 5) is 36.6. The van der Waals surface area contributed by atoms with Crippen molar-refractivity contribution in [2.24, 2.45) is 5.92 Å². The molecule has 2 atom stereocenters. The molecule has 0 aliphatic carbocycles. The Hall–Kier alpha value is -1.88. The van der Waals surface area contributed by atoms with Gasteiger partial charge in [-0.15, -0.1) is 0 Å². The largest absolute Gasteiger partial charge is 0.468 e. The molecule has 0 spiro atoms. The number of ether oxygens (including phenoxy) is 3. The van der Waals surface area contributed by atoms with E-state index in [1.165, 1.54) is 6.92 Å². The number of amides is 1. The van der Waals surface area contributed by atoms with Gasteiger partial charge in [-0.2, -0.15) is 17.4 Å². The first-order chi connectivity index (χ1) is 12.7. The SMILES string of the molecule is CCOC(=O)[C@@H](C)N(C(=O)OC(C)(C)C)S(=O)(=O)N[C@@H](CC(C)C)C(=O)OC. The highest BCUT2D eigenvalue weighted by molar-refractivity contribution is 7.87. The van der Waals surface area contributed by atoms with Crippen LogP contribution >= 0.6 is 0 Å². The molecule has 0 aromatic heterocycles. The fraction of sp³-hybridized carbons (Fsp3) is 0.824. The molecule has 0 aromatic rings. The maximum absolute atomic E-state index is 12.9. The number of carbonyl (C=O) groups is 3. The third kappa shape index (κ3) is 8.42. The number of hydrogen-bond acceptors (Lipinski definition) is 8. The first-order valence-electron chi connectivity index (χ1n) is 8.95. The second kappa shape index (κ2) is 10.6. The summed E-state index contributed by atoms with van der Waals surface area (Å²) < 4.78 is 42.8. The summed E-state index contributed by atoms with van der Waals surface area (Å²) in [7, 11) is -3.53. The van der Waals surface area contributed by atoms with Crippen molar-refractivity contribution in [3.8, 4) is 0 Å². The number of hydrogen-bond donors (Lipinski definition) is 1. The van der Waals surface area contributed by atoms with E-state index in [1.54, 1.807) is 41.5 Å². The Bertz CT molecular complexity index is 655. The maximum atomic E-state index is 12.9. The molecule has 0 bridgehead atoms. The van der Waals surface area contributed by atoms with E-state index in [0.717, 1.165) is 7.11 Å². The molecule has 0 saturated heterocycles. The average molecular weight is 425 g/mol. The van der Waals surface area contributed by atoms with Crippen molar-refractivity contribution in [3.63, 3.8) is 0 Å². The fourth-order valence-electron chi connectivity index (χ4n) is 2.17. The lowest BCUT2D eigenvalue weighted by Gasteiger charge is -2.31. The van der Waals surface area contributed by atoms with Crippen LogP contribution in [0, 0.1) is 5.92 Å². The molecule has 28 heavy (non-hydrogen) atoms. The first-order valence-corrected chi connectivity index (χ1v) is 10.4. The van der Waals surface area contributed by atoms with Gasteiger partial charge < -0.3 is 14.2 Å². The molecule has 0 fully saturated rings. The number of nitrogens with one attached hydrogen (secondary N) is 1. The van der Waals surface area contributed by atoms with Crippen LogP contribution in [0.5, 0.6) is 0 Å². The van der Waals surface area contributed by atoms with Gasteiger partial charge >= 0.3 is 28.2 Å². The number of esters is 2. The van der Waals surface area contributed by atoms with Crippen LogP contribution in [0.15, 0.2) is 0 Å². The minimum Gasteiger partial charge on any atom is -0.468 e. The predicted octanol–water partition coefficient (Wildman–Crippen LogP) is 1.60. The molecule has 0 aliphatic rings. The molecule has 11 heteroatoms. The first kappa shape index (κ1) is 26.1. The monoisotopic (exact) mass is 424 g/mol. The lowest BCUT2D eigenvalue weighted by Crippen LogP contribution is -2.56. The summed E-state index contributed by atoms with van der Waals surface area (Å²) in [5, 5.41) is 0. The van der Waals surface area contributed by atoms with Crippen LogP contribution in [-0.4, -0.2) is 62.2 Å². The van der Waals surface area contributed by atoms with Crippen LogP contribution in [0.25, 0.3) is 0 Å². The van der Waals surface area contributed by atoms with Crippen LogP contribution < -0.4 is 4.72 Å². The van der Waals surface area contributed by atoms with Crippen molar-refractivity contribution in [1.82, 2.24) is 9.03 Å². The Balaban J connectivity index is 5.96. The number of carbonyl (C=O) groups excluding carboxylic acids is 3. The van der Waals surface area contributed by atoms with E-state index in [9.17, 15) is 22.8 Å². The molecule has 0 radical (unpaired) electrons. The van der Waals surface area contributed by atoms with Gasteiger partial charge in [0.1, 0.15) is 17.7 Å². The van der Waals surface area contributed by atoms with E-state index in [0.29, 0.717) is 0 Å². The lowest BCUT2D eigenvalue weighted by molar-refractivity contribution is -0.147. The third-order valence-electron chi connectivity index (χ3n) is 3.30. The lowest BCUT2D eigenvalue weighted by atomic mass is 10.1. The van der Waals surface area contributed by atoms with Gasteiger partial charge in [0.2, 0.25) is 0 Å². The van der Waals surface area contributed by atoms with E-state index >= 15 is 0 Å². The highest BCUT2D eigenvalue weighted by Crippen LogP contribution is 2.17. The molecule has 0 rings (SSSR count). The van der Waals surface area contributed by atoms with Gasteiger partial charge in [-0.25, -0.2) is 9.59 Å². The van der Waals surface area contributed by atoms with Crippen LogP contribution in [0.3, 0.4) is 0 Å². The Morgan fingerprint density at radius 3 is 2.00 bits per heavy atom. The van der Waals surface area contributed by atoms with Crippen LogP contribution in [0.2, 0.25) is 0 Å². The average Bonchev–Trinajstić information content (AvgIpc) is 2.50. The summed E-state index contributed by atoms with van der Waals surface area (Å²) >= 11 is 0. The molecule has 1 amide bonds. The molecule has 0 aliphatic heterocycles. The van der Waals surface area contributed by atoms with E-state index in [2.05, 4.69) is 9.46 Å². The fourth-order valence-corrected chi connectivity index (χ4v) is 3.57. The summed E-state index contributed by atoms with van der Waals surface area (Å²) in [6.07, 6.45) is -1.14. The molecule has 1 N–H and O–H groups in total. The topological polar surface area (TPSA) is 128 Å². The molecule has 0 aromatic carbocycles. The summed E-state index contributed by atoms with van der Waals surface area (Å²) in [6, 6.07) is -2.75. The van der Waals surface area contributed by atoms with Gasteiger partial charge in [0.25, 0.3) is 0 Å². The number of rotatable bonds is 9. The Labute approximate surface area is 167 Å². The minimum atomic E-state index is -4.65. The molecular weight excluding hydrogens is 392 g/mol. The minimum absolute atomic E-state index is 0.00303. The molecule has 0 unspecified atom stereocenters. The van der Waals surface area contributed by atoms with Crippen LogP contribution in [-0.2, 0) is 34.0 Å². The zero-order valence-corrected chi connectivity index (χ0v) is 18.6. The van der Waals surface area contributed by atoms with Crippen molar-refractivity contribution in [3.05, 3.63) is 0 Å². The van der Waals surface area contributed by atoms with Gasteiger partial charge in [0.15, 0.2) is 0 Å². The van der Waals surface area contributed by atoms with E-state index in [-0.39, 0.29) is 23.3 Å². The summed E-state index contributed by atoms with van der Waals surface area (Å²) in [5.74, 6) is -1.80. The second-order valence-corrected chi connectivity index (χ2v) is 9.11. The summed E-state index contributed by atoms with van der Waals surface area (Å²) in [5.41, 5.74) is -1.01. The van der Waals surface area contributed by atoms with Gasteiger partial charge in [-0.05, 0) is 47.0 Å². The van der Waals surface area contributed by atoms with Crippen molar-refractivity contribution in [1.29, 1.82) is 0 Å². The van der Waals surface area contributed by atoms with Crippen LogP contribution in [0.4, 0.5) is 4.79 Å². The van der Waals surface area contributed by atoms with Gasteiger partial charge in [0, 0.05) is 0 Å². The van der Waals surface area contributed by atoms with Gasteiger partial charge in [-0.3, -0.25) is 4.79 Å². The third-order valence-corrected chi connectivity index (χ3v) is 4.86. The van der Waals surface area contributed by atoms with Crippen LogP contribution in [0.1, 0.15) is 54.9 Å². The quantitative estimate of drug-likeness (QED) is 0.436. The van der Waals surface area contributed by atoms with E-state index in [4.69, 9.17) is 9.47 Å². The Morgan fingerprint density at radius 1 is 1.07 bits per heavy atom. The van der Waals surface area contributed by atoms with Crippen molar-refractivity contribution in [2.45, 2.75) is 72.6 Å². The van der Waals surface area contributed by atoms with Gasteiger partial charge in [-0.1, -0.05) is 13.8 Å². The molecular formula is C17H32N2O8S. The van der Waals surface area contributed by atoms with E-state index in [1.807, 2.05) is 0 Å². The Kier molecular flexibility index (Phi) is 9.89. The van der Waals surface area contributed by atoms with Crippen molar-refractivity contribution < 1.29 is 37.0 Å². The maximum Gasteiger partial charge on any atom is 0.425 e. The number of methoxy groups -OCH3 is 1. The molecule has 10 nitrogen and oxygen atoms in total. The molecule has 164 valence electrons. The zero-order chi connectivity index (χ0) is 22.3. The normalized spacial score (nSPS) is 14.2. The smallest absolute Gasteiger partial charge is 0.425 e. The molecule has 0 heterocycles. The van der Waals surface area contributed by atoms with Gasteiger partial charge in [0.05, 0.1) is 13.7 Å². The van der Waals surface area contributed by atoms with Crippen molar-refractivity contribution in [2.75, 3.05) is 13.7 Å². The zero-order valence-electron chi connectivity index (χ0n) is 17.8. The van der Waals surface area contributed by atoms with E-state index < -0.39 is 45.9 Å². The highest BCUT2D eigenvalue weighted by atomic mass is 32.2. The number of nitrogens with zero attached hydrogens (tertiary/aromatic N) is 1. The predicted molar refractivity (Wildman–Crippen MR) is 101 cm³/mol. The Morgan fingerprint density at radius 2 is 1.61 bits per heavy atom. The molecule has 0 saturated carbocycles. The van der Waals surface area contributed by atoms with Crippen molar-refractivity contribution >= 4 is 28.2 Å². The highest BCUT2D eigenvalue weighted by Gasteiger charge is 2.41.